The minimum atomic E-state index is -0.255. The van der Waals surface area contributed by atoms with Crippen molar-refractivity contribution in [3.8, 4) is 11.3 Å². The van der Waals surface area contributed by atoms with E-state index >= 15 is 0 Å². The van der Waals surface area contributed by atoms with Crippen LogP contribution in [0, 0.1) is 12.3 Å². The molecule has 3 N–H and O–H groups in total. The molecule has 0 fully saturated rings. The van der Waals surface area contributed by atoms with E-state index in [0.29, 0.717) is 34.0 Å². The molecule has 1 aliphatic rings. The van der Waals surface area contributed by atoms with Crippen molar-refractivity contribution in [3.63, 3.8) is 0 Å². The highest BCUT2D eigenvalue weighted by Crippen LogP contribution is 2.33. The predicted octanol–water partition coefficient (Wildman–Crippen LogP) is 3.10. The molecule has 7 nitrogen and oxygen atoms in total. The number of rotatable bonds is 6. The maximum Gasteiger partial charge on any atom is 0.260 e. The summed E-state index contributed by atoms with van der Waals surface area (Å²) >= 11 is 6.57. The molecule has 0 spiro atoms. The van der Waals surface area contributed by atoms with Crippen LogP contribution in [-0.4, -0.2) is 58.7 Å². The molecule has 0 saturated heterocycles. The Kier molecular flexibility index (Phi) is 6.64. The van der Waals surface area contributed by atoms with E-state index < -0.39 is 0 Å². The van der Waals surface area contributed by atoms with Crippen LogP contribution in [0.25, 0.3) is 16.8 Å². The lowest BCUT2D eigenvalue weighted by Crippen LogP contribution is -2.42. The standard InChI is InChI=1S/C22H25ClN6O/c1-14-12-26-13-20(27-14)15-5-6-17(19(23)10-15)18-9-16(11-24)21(25)29(22(18)30)8-4-7-28(2)3/h5-6,9-13,25H,4,7-8,24H2,1-3H3/b16-11-,25-21?. The zero-order valence-corrected chi connectivity index (χ0v) is 18.1. The second kappa shape index (κ2) is 9.19. The van der Waals surface area contributed by atoms with Crippen LogP contribution in [0.3, 0.4) is 0 Å². The SMILES string of the molecule is Cc1cncc(-c2ccc(C3=C/C(=C/N)C(=N)N(CCCN(C)C)C3=O)c(Cl)c2)n1. The van der Waals surface area contributed by atoms with Crippen LogP contribution >= 0.6 is 11.6 Å². The molecule has 156 valence electrons. The smallest absolute Gasteiger partial charge is 0.260 e. The van der Waals surface area contributed by atoms with Crippen molar-refractivity contribution in [2.75, 3.05) is 27.2 Å². The minimum absolute atomic E-state index is 0.104. The van der Waals surface area contributed by atoms with Gasteiger partial charge in [-0.1, -0.05) is 23.7 Å². The van der Waals surface area contributed by atoms with Crippen LogP contribution in [0.2, 0.25) is 5.02 Å². The van der Waals surface area contributed by atoms with Gasteiger partial charge in [-0.05, 0) is 46.1 Å². The van der Waals surface area contributed by atoms with Crippen molar-refractivity contribution in [1.82, 2.24) is 19.8 Å². The van der Waals surface area contributed by atoms with Crippen molar-refractivity contribution in [1.29, 1.82) is 5.41 Å². The molecule has 8 heteroatoms. The van der Waals surface area contributed by atoms with E-state index in [2.05, 4.69) is 9.97 Å². The summed E-state index contributed by atoms with van der Waals surface area (Å²) in [4.78, 5) is 25.3. The number of nitrogens with zero attached hydrogens (tertiary/aromatic N) is 4. The first kappa shape index (κ1) is 21.7. The summed E-state index contributed by atoms with van der Waals surface area (Å²) in [5, 5.41) is 8.77. The summed E-state index contributed by atoms with van der Waals surface area (Å²) in [6.07, 6.45) is 7.07. The second-order valence-electron chi connectivity index (χ2n) is 7.38. The molecule has 0 bridgehead atoms. The molecule has 3 rings (SSSR count). The Morgan fingerprint density at radius 1 is 1.30 bits per heavy atom. The largest absolute Gasteiger partial charge is 0.404 e. The van der Waals surface area contributed by atoms with E-state index in [1.807, 2.05) is 32.0 Å². The Morgan fingerprint density at radius 3 is 2.70 bits per heavy atom. The summed E-state index contributed by atoms with van der Waals surface area (Å²) in [6.45, 7) is 3.11. The van der Waals surface area contributed by atoms with Gasteiger partial charge in [0.05, 0.1) is 17.6 Å². The summed E-state index contributed by atoms with van der Waals surface area (Å²) in [6, 6.07) is 5.43. The number of aromatic nitrogens is 2. The molecule has 0 radical (unpaired) electrons. The third kappa shape index (κ3) is 4.58. The van der Waals surface area contributed by atoms with Gasteiger partial charge in [0, 0.05) is 46.2 Å². The molecular weight excluding hydrogens is 400 g/mol. The van der Waals surface area contributed by atoms with Crippen molar-refractivity contribution in [2.45, 2.75) is 13.3 Å². The fourth-order valence-electron chi connectivity index (χ4n) is 3.26. The van der Waals surface area contributed by atoms with Gasteiger partial charge in [-0.25, -0.2) is 4.98 Å². The first-order valence-corrected chi connectivity index (χ1v) is 9.97. The highest BCUT2D eigenvalue weighted by atomic mass is 35.5. The second-order valence-corrected chi connectivity index (χ2v) is 7.79. The monoisotopic (exact) mass is 424 g/mol. The average Bonchev–Trinajstić information content (AvgIpc) is 2.71. The Bertz CT molecular complexity index is 1040. The number of nitrogens with two attached hydrogens (primary N) is 1. The number of carbonyl (C=O) groups excluding carboxylic acids is 1. The van der Waals surface area contributed by atoms with Gasteiger partial charge in [0.15, 0.2) is 0 Å². The fraction of sp³-hybridized carbons (Fsp3) is 0.273. The molecule has 2 heterocycles. The topological polar surface area (TPSA) is 99.2 Å². The molecule has 1 amide bonds. The van der Waals surface area contributed by atoms with Crippen LogP contribution in [-0.2, 0) is 4.79 Å². The molecule has 0 atom stereocenters. The van der Waals surface area contributed by atoms with Crippen molar-refractivity contribution < 1.29 is 4.79 Å². The van der Waals surface area contributed by atoms with E-state index in [0.717, 1.165) is 24.2 Å². The highest BCUT2D eigenvalue weighted by Gasteiger charge is 2.30. The van der Waals surface area contributed by atoms with Crippen molar-refractivity contribution in [2.24, 2.45) is 5.73 Å². The van der Waals surface area contributed by atoms with E-state index in [4.69, 9.17) is 22.7 Å². The molecule has 1 aromatic carbocycles. The third-order valence-corrected chi connectivity index (χ3v) is 5.11. The molecule has 1 aromatic heterocycles. The number of aryl methyl sites for hydroxylation is 1. The van der Waals surface area contributed by atoms with Gasteiger partial charge < -0.3 is 10.6 Å². The maximum atomic E-state index is 13.2. The summed E-state index contributed by atoms with van der Waals surface area (Å²) in [5.74, 6) is -0.151. The molecule has 30 heavy (non-hydrogen) atoms. The number of nitrogens with one attached hydrogen (secondary N) is 1. The molecule has 0 saturated carbocycles. The van der Waals surface area contributed by atoms with Crippen molar-refractivity contribution in [3.05, 3.63) is 64.7 Å². The number of hydrogen-bond donors (Lipinski definition) is 2. The minimum Gasteiger partial charge on any atom is -0.404 e. The van der Waals surface area contributed by atoms with Gasteiger partial charge in [-0.15, -0.1) is 0 Å². The van der Waals surface area contributed by atoms with E-state index in [1.54, 1.807) is 30.6 Å². The number of amides is 1. The lowest BCUT2D eigenvalue weighted by Gasteiger charge is -2.30. The number of benzene rings is 1. The molecule has 2 aromatic rings. The normalized spacial score (nSPS) is 15.8. The molecular formula is C22H25ClN6O. The van der Waals surface area contributed by atoms with E-state index in [9.17, 15) is 4.79 Å². The quantitative estimate of drug-likeness (QED) is 0.742. The number of halogens is 1. The first-order chi connectivity index (χ1) is 14.3. The van der Waals surface area contributed by atoms with Crippen LogP contribution in [0.1, 0.15) is 17.7 Å². The maximum absolute atomic E-state index is 13.2. The number of amidine groups is 1. The Hall–Kier alpha value is -3.03. The van der Waals surface area contributed by atoms with Crippen LogP contribution in [0.4, 0.5) is 0 Å². The van der Waals surface area contributed by atoms with Crippen LogP contribution in [0.5, 0.6) is 0 Å². The van der Waals surface area contributed by atoms with Crippen LogP contribution in [0.15, 0.2) is 48.4 Å². The number of hydrogen-bond acceptors (Lipinski definition) is 6. The van der Waals surface area contributed by atoms with Gasteiger partial charge in [0.2, 0.25) is 0 Å². The first-order valence-electron chi connectivity index (χ1n) is 9.60. The molecule has 0 unspecified atom stereocenters. The Labute approximate surface area is 181 Å². The summed E-state index contributed by atoms with van der Waals surface area (Å²) in [5.41, 5.74) is 9.56. The number of carbonyl (C=O) groups is 1. The van der Waals surface area contributed by atoms with Gasteiger partial charge in [-0.2, -0.15) is 0 Å². The van der Waals surface area contributed by atoms with Crippen molar-refractivity contribution >= 4 is 28.9 Å². The fourth-order valence-corrected chi connectivity index (χ4v) is 3.54. The average molecular weight is 425 g/mol. The van der Waals surface area contributed by atoms with E-state index in [1.165, 1.54) is 11.1 Å². The third-order valence-electron chi connectivity index (χ3n) is 4.80. The lowest BCUT2D eigenvalue weighted by atomic mass is 9.95. The zero-order chi connectivity index (χ0) is 21.8. The summed E-state index contributed by atoms with van der Waals surface area (Å²) in [7, 11) is 3.94. The van der Waals surface area contributed by atoms with E-state index in [-0.39, 0.29) is 11.7 Å². The lowest BCUT2D eigenvalue weighted by molar-refractivity contribution is -0.121. The Balaban J connectivity index is 1.95. The van der Waals surface area contributed by atoms with Gasteiger partial charge in [0.1, 0.15) is 5.84 Å². The summed E-state index contributed by atoms with van der Waals surface area (Å²) < 4.78 is 0. The van der Waals surface area contributed by atoms with Gasteiger partial charge >= 0.3 is 0 Å². The highest BCUT2D eigenvalue weighted by molar-refractivity contribution is 6.37. The van der Waals surface area contributed by atoms with Gasteiger partial charge in [-0.3, -0.25) is 20.1 Å². The predicted molar refractivity (Wildman–Crippen MR) is 120 cm³/mol. The molecule has 1 aliphatic heterocycles. The zero-order valence-electron chi connectivity index (χ0n) is 17.3. The van der Waals surface area contributed by atoms with Gasteiger partial charge in [0.25, 0.3) is 5.91 Å². The molecule has 0 aliphatic carbocycles. The van der Waals surface area contributed by atoms with Crippen LogP contribution < -0.4 is 5.73 Å². The Morgan fingerprint density at radius 2 is 2.07 bits per heavy atom.